The Morgan fingerprint density at radius 2 is 1.01 bits per heavy atom. The number of likely N-dealkylation sites (tertiary alicyclic amines) is 1. The van der Waals surface area contributed by atoms with Crippen LogP contribution in [0.1, 0.15) is 100 Å². The van der Waals surface area contributed by atoms with E-state index in [4.69, 9.17) is 19.8 Å². The number of thiophene rings is 3. The number of nitrogens with zero attached hydrogens (tertiary/aromatic N) is 8. The molecule has 0 atom stereocenters. The molecule has 2 saturated heterocycles. The average molecular weight is 1200 g/mol. The number of ether oxygens (including phenoxy) is 1. The summed E-state index contributed by atoms with van der Waals surface area (Å²) in [5, 5.41) is 18.4. The molecule has 84 heavy (non-hydrogen) atoms. The van der Waals surface area contributed by atoms with Gasteiger partial charge in [-0.1, -0.05) is 24.3 Å². The zero-order valence-electron chi connectivity index (χ0n) is 46.4. The van der Waals surface area contributed by atoms with Crippen LogP contribution in [0, 0.1) is 10.8 Å². The molecule has 2 saturated carbocycles. The van der Waals surface area contributed by atoms with Crippen LogP contribution in [-0.2, 0) is 4.74 Å². The van der Waals surface area contributed by atoms with Crippen molar-refractivity contribution in [2.45, 2.75) is 77.0 Å². The van der Waals surface area contributed by atoms with Gasteiger partial charge < -0.3 is 29.2 Å². The van der Waals surface area contributed by atoms with Crippen molar-refractivity contribution >= 4 is 104 Å². The molecule has 4 aliphatic rings. The lowest BCUT2D eigenvalue weighted by atomic mass is 9.65. The number of para-hydroxylation sites is 4. The number of aromatic nitrogens is 7. The van der Waals surface area contributed by atoms with Crippen LogP contribution < -0.4 is 16.0 Å². The second-order valence-electron chi connectivity index (χ2n) is 22.7. The molecule has 0 radical (unpaired) electrons. The van der Waals surface area contributed by atoms with Gasteiger partial charge in [0.2, 0.25) is 11.9 Å². The van der Waals surface area contributed by atoms with Crippen LogP contribution in [0.4, 0.5) is 16.7 Å². The summed E-state index contributed by atoms with van der Waals surface area (Å²) in [7, 11) is 0. The smallest absolute Gasteiger partial charge is 0.410 e. The van der Waals surface area contributed by atoms with Crippen LogP contribution in [0.3, 0.4) is 0 Å². The highest BCUT2D eigenvalue weighted by Gasteiger charge is 2.52. The van der Waals surface area contributed by atoms with Gasteiger partial charge in [-0.3, -0.25) is 35.2 Å². The molecule has 8 aromatic heterocycles. The topological polar surface area (TPSA) is 211 Å². The number of pyridine rings is 3. The van der Waals surface area contributed by atoms with Crippen LogP contribution >= 0.6 is 46.4 Å². The van der Waals surface area contributed by atoms with Crippen molar-refractivity contribution < 1.29 is 29.0 Å². The minimum atomic E-state index is -0.879. The van der Waals surface area contributed by atoms with E-state index in [2.05, 4.69) is 52.2 Å². The third-order valence-electron chi connectivity index (χ3n) is 15.8. The maximum Gasteiger partial charge on any atom is 0.410 e. The van der Waals surface area contributed by atoms with E-state index < -0.39 is 11.6 Å². The molecule has 0 unspecified atom stereocenters. The van der Waals surface area contributed by atoms with Gasteiger partial charge in [-0.25, -0.2) is 19.6 Å². The molecule has 21 heteroatoms. The van der Waals surface area contributed by atoms with Gasteiger partial charge in [0, 0.05) is 83.5 Å². The van der Waals surface area contributed by atoms with Crippen LogP contribution in [0.15, 0.2) is 159 Å². The lowest BCUT2D eigenvalue weighted by Crippen LogP contribution is -2.43. The number of benzene rings is 2. The molecule has 2 aliphatic carbocycles. The number of halogens is 1. The SMILES string of the molecule is CC(C)(C)OC(=O)N1CCC2(CC(n3c(NC(=O)c4ccc(-c5ccncc5)s4)nc4ccccc43)C2)C1.Cl.O=C(Nc1nc2ccccc2n1C1CC2(CCNC2)C1)c1ccc(-c2ccncc2)s1.O=C(O)c1ccc(-c2ccncc2)s1. The summed E-state index contributed by atoms with van der Waals surface area (Å²) in [4.78, 5) is 77.7. The summed E-state index contributed by atoms with van der Waals surface area (Å²) in [6.45, 7) is 9.32. The molecule has 0 bridgehead atoms. The highest BCUT2D eigenvalue weighted by Crippen LogP contribution is 2.56. The van der Waals surface area contributed by atoms with Gasteiger partial charge in [0.05, 0.1) is 31.8 Å². The Balaban J connectivity index is 0.000000143. The van der Waals surface area contributed by atoms with E-state index >= 15 is 0 Å². The first-order valence-corrected chi connectivity index (χ1v) is 30.1. The third kappa shape index (κ3) is 12.4. The molecule has 4 fully saturated rings. The highest BCUT2D eigenvalue weighted by atomic mass is 35.5. The average Bonchev–Trinajstić information content (AvgIpc) is 2.04. The Bertz CT molecular complexity index is 3970. The first kappa shape index (κ1) is 57.7. The first-order chi connectivity index (χ1) is 40.2. The van der Waals surface area contributed by atoms with Gasteiger partial charge in [-0.15, -0.1) is 46.4 Å². The number of imidazole rings is 2. The molecule has 430 valence electrons. The van der Waals surface area contributed by atoms with Crippen LogP contribution in [-0.4, -0.2) is 99.7 Å². The number of carboxylic acids is 1. The van der Waals surface area contributed by atoms with Crippen molar-refractivity contribution in [3.8, 4) is 31.3 Å². The molecular formula is C63H62ClN11O6S3. The number of nitrogens with one attached hydrogen (secondary N) is 3. The zero-order valence-corrected chi connectivity index (χ0v) is 49.7. The predicted molar refractivity (Wildman–Crippen MR) is 334 cm³/mol. The normalized spacial score (nSPS) is 19.5. The van der Waals surface area contributed by atoms with Crippen molar-refractivity contribution in [1.82, 2.24) is 44.3 Å². The molecule has 14 rings (SSSR count). The molecule has 2 spiro atoms. The molecule has 17 nitrogen and oxygen atoms in total. The second-order valence-corrected chi connectivity index (χ2v) is 26.0. The van der Waals surface area contributed by atoms with Gasteiger partial charge in [0.25, 0.3) is 11.8 Å². The van der Waals surface area contributed by atoms with E-state index in [1.165, 1.54) is 40.4 Å². The maximum atomic E-state index is 13.3. The fourth-order valence-corrected chi connectivity index (χ4v) is 14.5. The third-order valence-corrected chi connectivity index (χ3v) is 19.2. The fraction of sp³-hybridized carbons (Fsp3) is 0.286. The number of anilines is 2. The van der Waals surface area contributed by atoms with Crippen molar-refractivity contribution in [1.29, 1.82) is 0 Å². The van der Waals surface area contributed by atoms with Gasteiger partial charge in [0.1, 0.15) is 10.5 Å². The van der Waals surface area contributed by atoms with Crippen molar-refractivity contribution in [2.75, 3.05) is 36.8 Å². The number of carbonyl (C=O) groups excluding carboxylic acids is 3. The van der Waals surface area contributed by atoms with E-state index in [9.17, 15) is 19.2 Å². The molecule has 2 aliphatic heterocycles. The van der Waals surface area contributed by atoms with Gasteiger partial charge in [-0.2, -0.15) is 0 Å². The number of carboxylic acid groups (broad SMARTS) is 1. The largest absolute Gasteiger partial charge is 0.477 e. The Kier molecular flexibility index (Phi) is 16.6. The van der Waals surface area contributed by atoms with E-state index in [-0.39, 0.29) is 41.8 Å². The van der Waals surface area contributed by atoms with Crippen LogP contribution in [0.2, 0.25) is 0 Å². The molecule has 3 amide bonds. The van der Waals surface area contributed by atoms with Crippen LogP contribution in [0.5, 0.6) is 0 Å². The van der Waals surface area contributed by atoms with Crippen LogP contribution in [0.25, 0.3) is 53.4 Å². The summed E-state index contributed by atoms with van der Waals surface area (Å²) >= 11 is 4.20. The number of aromatic carboxylic acids is 1. The minimum absolute atomic E-state index is 0. The predicted octanol–water partition coefficient (Wildman–Crippen LogP) is 14.0. The number of amides is 3. The van der Waals surface area contributed by atoms with E-state index in [0.717, 1.165) is 98.6 Å². The number of hydrogen-bond donors (Lipinski definition) is 4. The second kappa shape index (κ2) is 24.2. The molecule has 10 aromatic rings. The van der Waals surface area contributed by atoms with Gasteiger partial charge >= 0.3 is 12.1 Å². The zero-order chi connectivity index (χ0) is 57.3. The minimum Gasteiger partial charge on any atom is -0.477 e. The summed E-state index contributed by atoms with van der Waals surface area (Å²) in [6, 6.07) is 39.3. The Hall–Kier alpha value is -8.14. The summed E-state index contributed by atoms with van der Waals surface area (Å²) < 4.78 is 10.0. The van der Waals surface area contributed by atoms with E-state index in [1.54, 1.807) is 43.2 Å². The lowest BCUT2D eigenvalue weighted by molar-refractivity contribution is 0.0199. The molecule has 2 aromatic carbocycles. The highest BCUT2D eigenvalue weighted by molar-refractivity contribution is 7.18. The summed E-state index contributed by atoms with van der Waals surface area (Å²) in [6.07, 6.45) is 16.5. The quantitative estimate of drug-likeness (QED) is 0.101. The summed E-state index contributed by atoms with van der Waals surface area (Å²) in [5.74, 6) is 0.0550. The molecular weight excluding hydrogens is 1140 g/mol. The first-order valence-electron chi connectivity index (χ1n) is 27.7. The number of fused-ring (bicyclic) bond motifs is 2. The number of hydrogen-bond acceptors (Lipinski definition) is 14. The number of carbonyl (C=O) groups is 4. The Morgan fingerprint density at radius 3 is 1.43 bits per heavy atom. The van der Waals surface area contributed by atoms with Gasteiger partial charge in [0.15, 0.2) is 0 Å². The van der Waals surface area contributed by atoms with Gasteiger partial charge in [-0.05, 0) is 190 Å². The Labute approximate surface area is 503 Å². The number of rotatable bonds is 10. The van der Waals surface area contributed by atoms with Crippen molar-refractivity contribution in [3.63, 3.8) is 0 Å². The van der Waals surface area contributed by atoms with Crippen molar-refractivity contribution in [3.05, 3.63) is 173 Å². The van der Waals surface area contributed by atoms with E-state index in [0.29, 0.717) is 51.1 Å². The molecule has 4 N–H and O–H groups in total. The standard InChI is InChI=1S/C29H31N5O3S.C24H23N5OS.C10H7NO2S.ClH/c1-28(2,3)37-27(36)33-15-12-29(18-33)16-20(17-29)34-22-7-5-4-6-21(22)31-26(34)32-25(35)24-9-8-23(38-24)19-10-13-30-14-11-19;30-22(21-6-5-20(31-21)16-7-10-25-11-8-16)28-23-27-18-3-1-2-4-19(18)29(23)17-13-24(14-17)9-12-26-15-24;12-10(13)9-2-1-8(14-9)7-3-5-11-6-4-7;/h4-11,13-14,20H,12,15-18H2,1-3H3,(H,31,32,35);1-8,10-11,17,26H,9,12-15H2,(H,27,28,30);1-6H,(H,12,13);1H. The van der Waals surface area contributed by atoms with Crippen molar-refractivity contribution in [2.24, 2.45) is 10.8 Å². The van der Waals surface area contributed by atoms with E-state index in [1.807, 2.05) is 129 Å². The fourth-order valence-electron chi connectivity index (χ4n) is 11.9. The summed E-state index contributed by atoms with van der Waals surface area (Å²) in [5.41, 5.74) is 6.98. The molecule has 10 heterocycles. The monoisotopic (exact) mass is 1200 g/mol. The lowest BCUT2D eigenvalue weighted by Gasteiger charge is -2.46. The Morgan fingerprint density at radius 1 is 0.583 bits per heavy atom. The maximum absolute atomic E-state index is 13.3.